The van der Waals surface area contributed by atoms with E-state index in [9.17, 15) is 4.79 Å². The van der Waals surface area contributed by atoms with Gasteiger partial charge in [0.2, 0.25) is 5.76 Å². The molecule has 3 aliphatic rings. The van der Waals surface area contributed by atoms with Crippen molar-refractivity contribution in [2.45, 2.75) is 57.4 Å². The molecule has 1 aliphatic carbocycles. The monoisotopic (exact) mass is 369 g/mol. The SMILES string of the molecule is CCN1CCc2[nH]cnc2C12CCN(C(=O)c1onc3c1CCCC3)CC2. The number of likely N-dealkylation sites (N-methyl/N-ethyl adjacent to an activating group) is 1. The van der Waals surface area contributed by atoms with E-state index in [0.29, 0.717) is 5.76 Å². The van der Waals surface area contributed by atoms with Gasteiger partial charge in [0.1, 0.15) is 0 Å². The highest BCUT2D eigenvalue weighted by molar-refractivity contribution is 5.93. The first-order valence-corrected chi connectivity index (χ1v) is 10.3. The number of nitrogens with zero attached hydrogens (tertiary/aromatic N) is 4. The molecule has 2 aliphatic heterocycles. The van der Waals surface area contributed by atoms with E-state index in [1.165, 1.54) is 11.4 Å². The Morgan fingerprint density at radius 1 is 1.22 bits per heavy atom. The first-order valence-electron chi connectivity index (χ1n) is 10.3. The third-order valence-corrected chi connectivity index (χ3v) is 6.81. The molecule has 144 valence electrons. The number of aromatic amines is 1. The predicted molar refractivity (Wildman–Crippen MR) is 99.5 cm³/mol. The molecule has 7 nitrogen and oxygen atoms in total. The molecule has 0 radical (unpaired) electrons. The number of piperidine rings is 1. The van der Waals surface area contributed by atoms with Gasteiger partial charge in [0.25, 0.3) is 5.91 Å². The lowest BCUT2D eigenvalue weighted by Crippen LogP contribution is -2.57. The van der Waals surface area contributed by atoms with E-state index < -0.39 is 0 Å². The fourth-order valence-electron chi connectivity index (χ4n) is 5.32. The number of H-pyrrole nitrogens is 1. The summed E-state index contributed by atoms with van der Waals surface area (Å²) < 4.78 is 5.49. The fourth-order valence-corrected chi connectivity index (χ4v) is 5.32. The lowest BCUT2D eigenvalue weighted by atomic mass is 9.78. The summed E-state index contributed by atoms with van der Waals surface area (Å²) in [6, 6.07) is 0. The summed E-state index contributed by atoms with van der Waals surface area (Å²) in [7, 11) is 0. The lowest BCUT2D eigenvalue weighted by molar-refractivity contribution is 0.00890. The van der Waals surface area contributed by atoms with Crippen LogP contribution in [0, 0.1) is 0 Å². The van der Waals surface area contributed by atoms with E-state index in [4.69, 9.17) is 4.52 Å². The highest BCUT2D eigenvalue weighted by Gasteiger charge is 2.47. The molecule has 0 atom stereocenters. The first-order chi connectivity index (χ1) is 13.2. The van der Waals surface area contributed by atoms with Gasteiger partial charge < -0.3 is 14.4 Å². The van der Waals surface area contributed by atoms with E-state index >= 15 is 0 Å². The maximum absolute atomic E-state index is 13.1. The molecule has 1 N–H and O–H groups in total. The van der Waals surface area contributed by atoms with Crippen LogP contribution in [0.3, 0.4) is 0 Å². The Morgan fingerprint density at radius 3 is 2.85 bits per heavy atom. The van der Waals surface area contributed by atoms with Crippen LogP contribution < -0.4 is 0 Å². The third kappa shape index (κ3) is 2.55. The van der Waals surface area contributed by atoms with Gasteiger partial charge in [-0.15, -0.1) is 0 Å². The largest absolute Gasteiger partial charge is 0.350 e. The molecular formula is C20H27N5O2. The van der Waals surface area contributed by atoms with Crippen molar-refractivity contribution >= 4 is 5.91 Å². The number of nitrogens with one attached hydrogen (secondary N) is 1. The van der Waals surface area contributed by atoms with Crippen LogP contribution in [0.15, 0.2) is 10.9 Å². The Labute approximate surface area is 159 Å². The fraction of sp³-hybridized carbons (Fsp3) is 0.650. The normalized spacial score (nSPS) is 21.9. The van der Waals surface area contributed by atoms with Crippen LogP contribution in [0.4, 0.5) is 0 Å². The molecule has 1 saturated heterocycles. The van der Waals surface area contributed by atoms with Gasteiger partial charge >= 0.3 is 0 Å². The number of fused-ring (bicyclic) bond motifs is 3. The van der Waals surface area contributed by atoms with Crippen molar-refractivity contribution in [3.8, 4) is 0 Å². The zero-order chi connectivity index (χ0) is 18.4. The average Bonchev–Trinajstić information content (AvgIpc) is 3.36. The van der Waals surface area contributed by atoms with Crippen LogP contribution in [-0.2, 0) is 24.8 Å². The summed E-state index contributed by atoms with van der Waals surface area (Å²) in [5.41, 5.74) is 4.46. The zero-order valence-electron chi connectivity index (χ0n) is 16.0. The highest BCUT2D eigenvalue weighted by atomic mass is 16.5. The molecule has 5 rings (SSSR count). The van der Waals surface area contributed by atoms with Gasteiger partial charge in [0.15, 0.2) is 0 Å². The summed E-state index contributed by atoms with van der Waals surface area (Å²) in [5.74, 6) is 0.499. The van der Waals surface area contributed by atoms with E-state index in [1.807, 2.05) is 11.2 Å². The predicted octanol–water partition coefficient (Wildman–Crippen LogP) is 2.29. The molecular weight excluding hydrogens is 342 g/mol. The average molecular weight is 369 g/mol. The van der Waals surface area contributed by atoms with E-state index in [2.05, 4.69) is 26.9 Å². The van der Waals surface area contributed by atoms with Gasteiger partial charge in [0.05, 0.1) is 23.3 Å². The number of aryl methyl sites for hydroxylation is 1. The molecule has 0 bridgehead atoms. The van der Waals surface area contributed by atoms with Gasteiger partial charge in [-0.25, -0.2) is 4.98 Å². The maximum atomic E-state index is 13.1. The van der Waals surface area contributed by atoms with Crippen LogP contribution in [0.1, 0.15) is 65.8 Å². The number of likely N-dealkylation sites (tertiary alicyclic amines) is 1. The summed E-state index contributed by atoms with van der Waals surface area (Å²) in [6.45, 7) is 5.75. The molecule has 2 aromatic rings. The molecule has 4 heterocycles. The van der Waals surface area contributed by atoms with Crippen molar-refractivity contribution in [1.82, 2.24) is 24.9 Å². The van der Waals surface area contributed by atoms with Crippen molar-refractivity contribution in [2.75, 3.05) is 26.2 Å². The molecule has 1 amide bonds. The molecule has 27 heavy (non-hydrogen) atoms. The number of imidazole rings is 1. The van der Waals surface area contributed by atoms with Crippen molar-refractivity contribution in [1.29, 1.82) is 0 Å². The van der Waals surface area contributed by atoms with Gasteiger partial charge in [-0.2, -0.15) is 0 Å². The number of amides is 1. The number of hydrogen-bond donors (Lipinski definition) is 1. The van der Waals surface area contributed by atoms with Crippen molar-refractivity contribution in [3.63, 3.8) is 0 Å². The third-order valence-electron chi connectivity index (χ3n) is 6.81. The van der Waals surface area contributed by atoms with E-state index in [-0.39, 0.29) is 11.4 Å². The van der Waals surface area contributed by atoms with Crippen LogP contribution in [0.2, 0.25) is 0 Å². The van der Waals surface area contributed by atoms with Gasteiger partial charge in [-0.05, 0) is 45.1 Å². The summed E-state index contributed by atoms with van der Waals surface area (Å²) in [5, 5.41) is 4.16. The molecule has 7 heteroatoms. The smallest absolute Gasteiger partial charge is 0.292 e. The molecule has 1 spiro atoms. The van der Waals surface area contributed by atoms with Crippen LogP contribution in [-0.4, -0.2) is 57.0 Å². The Bertz CT molecular complexity index is 846. The topological polar surface area (TPSA) is 78.3 Å². The maximum Gasteiger partial charge on any atom is 0.292 e. The zero-order valence-corrected chi connectivity index (χ0v) is 16.0. The highest BCUT2D eigenvalue weighted by Crippen LogP contribution is 2.42. The van der Waals surface area contributed by atoms with E-state index in [1.54, 1.807) is 0 Å². The molecule has 1 fully saturated rings. The van der Waals surface area contributed by atoms with Crippen molar-refractivity contribution in [2.24, 2.45) is 0 Å². The summed E-state index contributed by atoms with van der Waals surface area (Å²) in [6.07, 6.45) is 8.78. The second-order valence-corrected chi connectivity index (χ2v) is 8.03. The minimum Gasteiger partial charge on any atom is -0.350 e. The Hall–Kier alpha value is -2.15. The number of rotatable bonds is 2. The molecule has 2 aromatic heterocycles. The Morgan fingerprint density at radius 2 is 2.04 bits per heavy atom. The van der Waals surface area contributed by atoms with Crippen LogP contribution in [0.25, 0.3) is 0 Å². The Balaban J connectivity index is 1.37. The molecule has 0 saturated carbocycles. The number of hydrogen-bond acceptors (Lipinski definition) is 5. The van der Waals surface area contributed by atoms with Crippen molar-refractivity contribution < 1.29 is 9.32 Å². The second kappa shape index (κ2) is 6.48. The van der Waals surface area contributed by atoms with Gasteiger partial charge in [-0.3, -0.25) is 9.69 Å². The minimum atomic E-state index is -0.0417. The van der Waals surface area contributed by atoms with E-state index in [0.717, 1.165) is 82.4 Å². The lowest BCUT2D eigenvalue weighted by Gasteiger charge is -2.50. The molecule has 0 aromatic carbocycles. The molecule has 0 unspecified atom stereocenters. The quantitative estimate of drug-likeness (QED) is 0.879. The second-order valence-electron chi connectivity index (χ2n) is 8.03. The standard InChI is InChI=1S/C20H27N5O2/c1-2-25-10-7-16-18(22-13-21-16)20(25)8-11-24(12-9-20)19(26)17-14-5-3-4-6-15(14)23-27-17/h13H,2-12H2,1H3,(H,21,22). The Kier molecular flexibility index (Phi) is 4.07. The number of aromatic nitrogens is 3. The van der Waals surface area contributed by atoms with Crippen LogP contribution >= 0.6 is 0 Å². The first kappa shape index (κ1) is 17.0. The van der Waals surface area contributed by atoms with Gasteiger partial charge in [0, 0.05) is 37.3 Å². The summed E-state index contributed by atoms with van der Waals surface area (Å²) in [4.78, 5) is 25.6. The number of carbonyl (C=O) groups is 1. The van der Waals surface area contributed by atoms with Crippen LogP contribution in [0.5, 0.6) is 0 Å². The minimum absolute atomic E-state index is 0.0154. The van der Waals surface area contributed by atoms with Gasteiger partial charge in [-0.1, -0.05) is 12.1 Å². The number of carbonyl (C=O) groups excluding carboxylic acids is 1. The summed E-state index contributed by atoms with van der Waals surface area (Å²) >= 11 is 0. The van der Waals surface area contributed by atoms with Crippen molar-refractivity contribution in [3.05, 3.63) is 34.7 Å².